The molecule has 0 radical (unpaired) electrons. The molecule has 1 aliphatic carbocycles. The Hall–Kier alpha value is -0.160. The number of aliphatic hydroxyl groups is 2. The van der Waals surface area contributed by atoms with Crippen molar-refractivity contribution in [2.45, 2.75) is 37.4 Å². The van der Waals surface area contributed by atoms with Gasteiger partial charge in [0.15, 0.2) is 0 Å². The van der Waals surface area contributed by atoms with Crippen LogP contribution in [0.15, 0.2) is 0 Å². The predicted molar refractivity (Wildman–Crippen MR) is 56.7 cm³/mol. The maximum absolute atomic E-state index is 10.3. The molecule has 0 amide bonds. The van der Waals surface area contributed by atoms with E-state index >= 15 is 0 Å². The molecule has 0 aromatic carbocycles. The van der Waals surface area contributed by atoms with Gasteiger partial charge < -0.3 is 14.9 Å². The fourth-order valence-electron chi connectivity index (χ4n) is 2.64. The third-order valence-electron chi connectivity index (χ3n) is 3.48. The van der Waals surface area contributed by atoms with Crippen LogP contribution in [-0.4, -0.2) is 59.7 Å². The van der Waals surface area contributed by atoms with Crippen LogP contribution < -0.4 is 0 Å². The first kappa shape index (κ1) is 11.3. The largest absolute Gasteiger partial charge is 0.394 e. The Bertz CT molecular complexity index is 204. The van der Waals surface area contributed by atoms with E-state index in [1.807, 2.05) is 0 Å². The molecule has 1 unspecified atom stereocenters. The second-order valence-corrected chi connectivity index (χ2v) is 4.84. The first-order valence-electron chi connectivity index (χ1n) is 5.89. The monoisotopic (exact) mass is 215 g/mol. The van der Waals surface area contributed by atoms with Crippen LogP contribution in [0.5, 0.6) is 0 Å². The van der Waals surface area contributed by atoms with Crippen LogP contribution >= 0.6 is 0 Å². The van der Waals surface area contributed by atoms with Crippen LogP contribution in [-0.2, 0) is 4.74 Å². The molecule has 2 aliphatic rings. The number of morpholine rings is 1. The summed E-state index contributed by atoms with van der Waals surface area (Å²) in [4.78, 5) is 2.22. The Morgan fingerprint density at radius 1 is 1.33 bits per heavy atom. The highest BCUT2D eigenvalue weighted by Gasteiger charge is 2.34. The summed E-state index contributed by atoms with van der Waals surface area (Å²) in [7, 11) is 0. The molecule has 1 heterocycles. The molecule has 1 aliphatic heterocycles. The van der Waals surface area contributed by atoms with E-state index in [0.717, 1.165) is 45.3 Å². The first-order valence-corrected chi connectivity index (χ1v) is 5.89. The van der Waals surface area contributed by atoms with Gasteiger partial charge in [-0.2, -0.15) is 0 Å². The van der Waals surface area contributed by atoms with Gasteiger partial charge in [-0.15, -0.1) is 0 Å². The Balaban J connectivity index is 1.83. The van der Waals surface area contributed by atoms with Crippen molar-refractivity contribution in [3.05, 3.63) is 0 Å². The molecule has 1 saturated heterocycles. The number of ether oxygens (including phenoxy) is 1. The normalized spacial score (nSPS) is 32.0. The molecule has 4 heteroatoms. The van der Waals surface area contributed by atoms with Gasteiger partial charge in [-0.25, -0.2) is 0 Å². The molecule has 0 spiro atoms. The minimum absolute atomic E-state index is 0.0660. The molecule has 1 atom stereocenters. The second kappa shape index (κ2) is 4.78. The highest BCUT2D eigenvalue weighted by Crippen LogP contribution is 2.30. The van der Waals surface area contributed by atoms with E-state index in [-0.39, 0.29) is 12.7 Å². The fourth-order valence-corrected chi connectivity index (χ4v) is 2.64. The minimum Gasteiger partial charge on any atom is -0.394 e. The molecular weight excluding hydrogens is 194 g/mol. The molecule has 4 nitrogen and oxygen atoms in total. The van der Waals surface area contributed by atoms with Crippen LogP contribution in [0.1, 0.15) is 25.7 Å². The Morgan fingerprint density at radius 2 is 2.07 bits per heavy atom. The van der Waals surface area contributed by atoms with Crippen LogP contribution in [0.2, 0.25) is 0 Å². The summed E-state index contributed by atoms with van der Waals surface area (Å²) in [5, 5.41) is 19.3. The van der Waals surface area contributed by atoms with Crippen molar-refractivity contribution < 1.29 is 14.9 Å². The molecule has 0 aromatic heterocycles. The summed E-state index contributed by atoms with van der Waals surface area (Å²) in [6.07, 6.45) is 4.07. The zero-order valence-corrected chi connectivity index (χ0v) is 9.19. The fraction of sp³-hybridized carbons (Fsp3) is 1.00. The van der Waals surface area contributed by atoms with Gasteiger partial charge in [0, 0.05) is 19.6 Å². The van der Waals surface area contributed by atoms with Gasteiger partial charge in [0.1, 0.15) is 0 Å². The standard InChI is InChI=1S/C11H21NO3/c13-8-10-7-12(5-6-15-10)9-11(14)3-1-2-4-11/h10,13-14H,1-9H2. The smallest absolute Gasteiger partial charge is 0.0932 e. The highest BCUT2D eigenvalue weighted by atomic mass is 16.5. The van der Waals surface area contributed by atoms with Crippen molar-refractivity contribution in [3.63, 3.8) is 0 Å². The Morgan fingerprint density at radius 3 is 2.73 bits per heavy atom. The van der Waals surface area contributed by atoms with E-state index < -0.39 is 5.60 Å². The van der Waals surface area contributed by atoms with E-state index in [9.17, 15) is 5.11 Å². The predicted octanol–water partition coefficient (Wildman–Crippen LogP) is -0.0154. The van der Waals surface area contributed by atoms with Gasteiger partial charge in [-0.3, -0.25) is 4.90 Å². The number of nitrogens with zero attached hydrogens (tertiary/aromatic N) is 1. The molecule has 2 N–H and O–H groups in total. The third kappa shape index (κ3) is 2.91. The SMILES string of the molecule is OCC1CN(CC2(O)CCCC2)CCO1. The summed E-state index contributed by atoms with van der Waals surface area (Å²) in [6, 6.07) is 0. The quantitative estimate of drug-likeness (QED) is 0.695. The van der Waals surface area contributed by atoms with Crippen molar-refractivity contribution in [3.8, 4) is 0 Å². The van der Waals surface area contributed by atoms with Crippen LogP contribution in [0.25, 0.3) is 0 Å². The van der Waals surface area contributed by atoms with E-state index in [1.54, 1.807) is 0 Å². The molecule has 88 valence electrons. The topological polar surface area (TPSA) is 52.9 Å². The Kier molecular flexibility index (Phi) is 3.61. The van der Waals surface area contributed by atoms with Crippen LogP contribution in [0, 0.1) is 0 Å². The van der Waals surface area contributed by atoms with Gasteiger partial charge in [0.25, 0.3) is 0 Å². The number of β-amino-alcohol motifs (C(OH)–C–C–N with tert-alkyl or cyclic N) is 1. The first-order chi connectivity index (χ1) is 7.22. The summed E-state index contributed by atoms with van der Waals surface area (Å²) in [6.45, 7) is 3.11. The second-order valence-electron chi connectivity index (χ2n) is 4.84. The lowest BCUT2D eigenvalue weighted by Gasteiger charge is -2.36. The number of rotatable bonds is 3. The summed E-state index contributed by atoms with van der Waals surface area (Å²) < 4.78 is 5.38. The van der Waals surface area contributed by atoms with Crippen molar-refractivity contribution in [2.75, 3.05) is 32.8 Å². The van der Waals surface area contributed by atoms with Gasteiger partial charge in [0.2, 0.25) is 0 Å². The number of hydrogen-bond donors (Lipinski definition) is 2. The maximum atomic E-state index is 10.3. The zero-order chi connectivity index (χ0) is 10.7. The summed E-state index contributed by atoms with van der Waals surface area (Å²) >= 11 is 0. The van der Waals surface area contributed by atoms with Gasteiger partial charge in [-0.05, 0) is 12.8 Å². The maximum Gasteiger partial charge on any atom is 0.0932 e. The number of aliphatic hydroxyl groups excluding tert-OH is 1. The lowest BCUT2D eigenvalue weighted by Crippen LogP contribution is -2.50. The van der Waals surface area contributed by atoms with Gasteiger partial charge in [-0.1, -0.05) is 12.8 Å². The summed E-state index contributed by atoms with van der Waals surface area (Å²) in [5.41, 5.74) is -0.475. The van der Waals surface area contributed by atoms with Crippen molar-refractivity contribution in [2.24, 2.45) is 0 Å². The third-order valence-corrected chi connectivity index (χ3v) is 3.48. The lowest BCUT2D eigenvalue weighted by atomic mass is 10.0. The molecule has 1 saturated carbocycles. The molecule has 15 heavy (non-hydrogen) atoms. The molecule has 2 fully saturated rings. The lowest BCUT2D eigenvalue weighted by molar-refractivity contribution is -0.0775. The summed E-state index contributed by atoms with van der Waals surface area (Å²) in [5.74, 6) is 0. The van der Waals surface area contributed by atoms with Crippen molar-refractivity contribution >= 4 is 0 Å². The average molecular weight is 215 g/mol. The molecular formula is C11H21NO3. The molecule has 0 aromatic rings. The van der Waals surface area contributed by atoms with Crippen LogP contribution in [0.4, 0.5) is 0 Å². The van der Waals surface area contributed by atoms with Crippen molar-refractivity contribution in [1.82, 2.24) is 4.90 Å². The number of hydrogen-bond acceptors (Lipinski definition) is 4. The van der Waals surface area contributed by atoms with E-state index in [0.29, 0.717) is 6.61 Å². The van der Waals surface area contributed by atoms with Gasteiger partial charge in [0.05, 0.1) is 24.9 Å². The zero-order valence-electron chi connectivity index (χ0n) is 9.19. The minimum atomic E-state index is -0.475. The molecule has 2 rings (SSSR count). The van der Waals surface area contributed by atoms with E-state index in [2.05, 4.69) is 4.90 Å². The van der Waals surface area contributed by atoms with Gasteiger partial charge >= 0.3 is 0 Å². The van der Waals surface area contributed by atoms with Crippen LogP contribution in [0.3, 0.4) is 0 Å². The van der Waals surface area contributed by atoms with E-state index in [4.69, 9.17) is 9.84 Å². The van der Waals surface area contributed by atoms with E-state index in [1.165, 1.54) is 0 Å². The highest BCUT2D eigenvalue weighted by molar-refractivity contribution is 4.88. The van der Waals surface area contributed by atoms with Crippen molar-refractivity contribution in [1.29, 1.82) is 0 Å². The molecule has 0 bridgehead atoms. The average Bonchev–Trinajstić information content (AvgIpc) is 2.65. The Labute approximate surface area is 90.8 Å².